The van der Waals surface area contributed by atoms with Gasteiger partial charge in [0.05, 0.1) is 13.5 Å². The monoisotopic (exact) mass is 291 g/mol. The van der Waals surface area contributed by atoms with E-state index < -0.39 is 0 Å². The Kier molecular flexibility index (Phi) is 6.59. The molecule has 0 aliphatic rings. The first kappa shape index (κ1) is 16.9. The lowest BCUT2D eigenvalue weighted by atomic mass is 10.0. The molecule has 0 unspecified atom stereocenters. The van der Waals surface area contributed by atoms with Gasteiger partial charge in [0.1, 0.15) is 0 Å². The van der Waals surface area contributed by atoms with Crippen molar-refractivity contribution in [1.82, 2.24) is 4.90 Å². The van der Waals surface area contributed by atoms with Crippen molar-refractivity contribution in [2.45, 2.75) is 26.2 Å². The number of methoxy groups -OCH3 is 1. The summed E-state index contributed by atoms with van der Waals surface area (Å²) in [5.41, 5.74) is 1.70. The molecule has 1 aromatic rings. The van der Waals surface area contributed by atoms with Gasteiger partial charge < -0.3 is 9.64 Å². The molecule has 114 valence electrons. The van der Waals surface area contributed by atoms with E-state index in [4.69, 9.17) is 0 Å². The number of carbonyl (C=O) groups excluding carboxylic acids is 3. The number of amides is 1. The highest BCUT2D eigenvalue weighted by atomic mass is 16.5. The fourth-order valence-corrected chi connectivity index (χ4v) is 1.78. The van der Waals surface area contributed by atoms with Crippen molar-refractivity contribution in [3.8, 4) is 0 Å². The van der Waals surface area contributed by atoms with Gasteiger partial charge in [0, 0.05) is 32.0 Å². The Balaban J connectivity index is 2.39. The first-order valence-electron chi connectivity index (χ1n) is 6.84. The second-order valence-corrected chi connectivity index (χ2v) is 4.93. The Hall–Kier alpha value is -2.17. The van der Waals surface area contributed by atoms with E-state index in [1.165, 1.54) is 12.0 Å². The minimum atomic E-state index is -0.356. The third-order valence-electron chi connectivity index (χ3n) is 3.24. The van der Waals surface area contributed by atoms with Gasteiger partial charge in [0.2, 0.25) is 5.91 Å². The average molecular weight is 291 g/mol. The maximum Gasteiger partial charge on any atom is 0.307 e. The predicted molar refractivity (Wildman–Crippen MR) is 79.0 cm³/mol. The lowest BCUT2D eigenvalue weighted by Crippen LogP contribution is -2.29. The second-order valence-electron chi connectivity index (χ2n) is 4.93. The normalized spacial score (nSPS) is 10.0. The summed E-state index contributed by atoms with van der Waals surface area (Å²) in [5, 5.41) is 0. The molecule has 0 saturated carbocycles. The summed E-state index contributed by atoms with van der Waals surface area (Å²) in [6, 6.07) is 7.28. The third kappa shape index (κ3) is 5.77. The predicted octanol–water partition coefficient (Wildman–Crippen LogP) is 1.98. The van der Waals surface area contributed by atoms with Gasteiger partial charge in [0.25, 0.3) is 0 Å². The zero-order valence-electron chi connectivity index (χ0n) is 12.7. The number of hydrogen-bond donors (Lipinski definition) is 0. The Labute approximate surface area is 124 Å². The summed E-state index contributed by atoms with van der Waals surface area (Å²) in [7, 11) is 2.92. The minimum absolute atomic E-state index is 0.0512. The molecule has 1 amide bonds. The van der Waals surface area contributed by atoms with Gasteiger partial charge in [-0.1, -0.05) is 29.8 Å². The molecule has 0 fully saturated rings. The van der Waals surface area contributed by atoms with Gasteiger partial charge >= 0.3 is 5.97 Å². The highest BCUT2D eigenvalue weighted by Gasteiger charge is 2.13. The highest BCUT2D eigenvalue weighted by molar-refractivity contribution is 5.97. The maximum atomic E-state index is 12.0. The molecule has 0 radical (unpaired) electrons. The Morgan fingerprint density at radius 2 is 1.67 bits per heavy atom. The topological polar surface area (TPSA) is 63.7 Å². The van der Waals surface area contributed by atoms with Gasteiger partial charge in [-0.2, -0.15) is 0 Å². The van der Waals surface area contributed by atoms with E-state index >= 15 is 0 Å². The molecule has 5 heteroatoms. The highest BCUT2D eigenvalue weighted by Crippen LogP contribution is 2.08. The number of rotatable bonds is 7. The molecule has 0 heterocycles. The number of hydrogen-bond acceptors (Lipinski definition) is 4. The zero-order valence-corrected chi connectivity index (χ0v) is 12.7. The standard InChI is InChI=1S/C16H21NO4/c1-12-4-6-13(7-5-12)14(18)8-9-15(19)17(2)11-10-16(20)21-3/h4-7H,8-11H2,1-3H3. The SMILES string of the molecule is COC(=O)CCN(C)C(=O)CCC(=O)c1ccc(C)cc1. The third-order valence-corrected chi connectivity index (χ3v) is 3.24. The number of nitrogens with zero attached hydrogens (tertiary/aromatic N) is 1. The molecule has 0 spiro atoms. The van der Waals surface area contributed by atoms with Gasteiger partial charge in [-0.15, -0.1) is 0 Å². The molecule has 0 bridgehead atoms. The van der Waals surface area contributed by atoms with Crippen LogP contribution in [0.1, 0.15) is 35.2 Å². The molecule has 1 aromatic carbocycles. The van der Waals surface area contributed by atoms with Crippen molar-refractivity contribution in [3.63, 3.8) is 0 Å². The molecule has 0 aromatic heterocycles. The van der Waals surface area contributed by atoms with E-state index in [-0.39, 0.29) is 36.9 Å². The van der Waals surface area contributed by atoms with Crippen molar-refractivity contribution in [1.29, 1.82) is 0 Å². The quantitative estimate of drug-likeness (QED) is 0.569. The average Bonchev–Trinajstić information content (AvgIpc) is 2.50. The Bertz CT molecular complexity index is 508. The molecule has 0 aliphatic heterocycles. The van der Waals surface area contributed by atoms with Crippen LogP contribution in [0.25, 0.3) is 0 Å². The lowest BCUT2D eigenvalue weighted by Gasteiger charge is -2.16. The Morgan fingerprint density at radius 3 is 2.24 bits per heavy atom. The number of aryl methyl sites for hydroxylation is 1. The van der Waals surface area contributed by atoms with E-state index in [0.29, 0.717) is 12.1 Å². The molecule has 0 atom stereocenters. The Morgan fingerprint density at radius 1 is 1.05 bits per heavy atom. The molecule has 5 nitrogen and oxygen atoms in total. The van der Waals surface area contributed by atoms with Crippen molar-refractivity contribution >= 4 is 17.7 Å². The molecule has 21 heavy (non-hydrogen) atoms. The van der Waals surface area contributed by atoms with Crippen molar-refractivity contribution in [3.05, 3.63) is 35.4 Å². The van der Waals surface area contributed by atoms with E-state index in [0.717, 1.165) is 5.56 Å². The fraction of sp³-hybridized carbons (Fsp3) is 0.438. The number of esters is 1. The van der Waals surface area contributed by atoms with Crippen LogP contribution in [0.2, 0.25) is 0 Å². The summed E-state index contributed by atoms with van der Waals surface area (Å²) < 4.78 is 4.51. The molecular formula is C16H21NO4. The maximum absolute atomic E-state index is 12.0. The van der Waals surface area contributed by atoms with Gasteiger partial charge in [0.15, 0.2) is 5.78 Å². The zero-order chi connectivity index (χ0) is 15.8. The largest absolute Gasteiger partial charge is 0.469 e. The second kappa shape index (κ2) is 8.19. The van der Waals surface area contributed by atoms with Crippen molar-refractivity contribution < 1.29 is 19.1 Å². The number of benzene rings is 1. The first-order valence-corrected chi connectivity index (χ1v) is 6.84. The van der Waals surface area contributed by atoms with Gasteiger partial charge in [-0.3, -0.25) is 14.4 Å². The van der Waals surface area contributed by atoms with Crippen LogP contribution < -0.4 is 0 Å². The summed E-state index contributed by atoms with van der Waals surface area (Å²) in [6.07, 6.45) is 0.472. The first-order chi connectivity index (χ1) is 9.93. The number of ketones is 1. The van der Waals surface area contributed by atoms with E-state index in [9.17, 15) is 14.4 Å². The van der Waals surface area contributed by atoms with Crippen molar-refractivity contribution in [2.24, 2.45) is 0 Å². The summed E-state index contributed by atoms with van der Waals surface area (Å²) in [4.78, 5) is 36.3. The van der Waals surface area contributed by atoms with Crippen molar-refractivity contribution in [2.75, 3.05) is 20.7 Å². The lowest BCUT2D eigenvalue weighted by molar-refractivity contribution is -0.141. The van der Waals surface area contributed by atoms with Crippen LogP contribution in [0.4, 0.5) is 0 Å². The smallest absolute Gasteiger partial charge is 0.307 e. The van der Waals surface area contributed by atoms with Crippen LogP contribution in [0.15, 0.2) is 24.3 Å². The summed E-state index contributed by atoms with van der Waals surface area (Å²) >= 11 is 0. The number of Topliss-reactive ketones (excluding diaryl/α,β-unsaturated/α-hetero) is 1. The number of ether oxygens (including phenoxy) is 1. The molecular weight excluding hydrogens is 270 g/mol. The fourth-order valence-electron chi connectivity index (χ4n) is 1.78. The molecule has 1 rings (SSSR count). The minimum Gasteiger partial charge on any atom is -0.469 e. The van der Waals surface area contributed by atoms with Crippen LogP contribution in [-0.4, -0.2) is 43.3 Å². The van der Waals surface area contributed by atoms with E-state index in [1.54, 1.807) is 19.2 Å². The van der Waals surface area contributed by atoms with Crippen LogP contribution >= 0.6 is 0 Å². The molecule has 0 saturated heterocycles. The van der Waals surface area contributed by atoms with Crippen LogP contribution in [-0.2, 0) is 14.3 Å². The van der Waals surface area contributed by atoms with Crippen LogP contribution in [0.3, 0.4) is 0 Å². The number of carbonyl (C=O) groups is 3. The van der Waals surface area contributed by atoms with Crippen LogP contribution in [0, 0.1) is 6.92 Å². The van der Waals surface area contributed by atoms with E-state index in [1.807, 2.05) is 19.1 Å². The van der Waals surface area contributed by atoms with E-state index in [2.05, 4.69) is 4.74 Å². The van der Waals surface area contributed by atoms with Gasteiger partial charge in [-0.25, -0.2) is 0 Å². The summed E-state index contributed by atoms with van der Waals surface area (Å²) in [6.45, 7) is 2.25. The molecule has 0 N–H and O–H groups in total. The molecule has 0 aliphatic carbocycles. The van der Waals surface area contributed by atoms with Gasteiger partial charge in [-0.05, 0) is 6.92 Å². The van der Waals surface area contributed by atoms with Crippen LogP contribution in [0.5, 0.6) is 0 Å². The summed E-state index contributed by atoms with van der Waals surface area (Å²) in [5.74, 6) is -0.561.